The fraction of sp³-hybridized carbons (Fsp3) is 0.0238. The lowest BCUT2D eigenvalue weighted by atomic mass is 9.67. The Labute approximate surface area is 517 Å². The lowest BCUT2D eigenvalue weighted by Gasteiger charge is -2.36. The van der Waals surface area contributed by atoms with Crippen LogP contribution in [0.15, 0.2) is 323 Å². The second-order valence-electron chi connectivity index (χ2n) is 22.6. The molecule has 0 heterocycles. The summed E-state index contributed by atoms with van der Waals surface area (Å²) in [5.74, 6) is 2.03. The Morgan fingerprint density at radius 2 is 0.629 bits per heavy atom. The molecule has 15 rings (SSSR count). The number of benzene rings is 13. The largest absolute Gasteiger partial charge is 0.457 e. The minimum atomic E-state index is -1.13. The molecule has 2 atom stereocenters. The molecule has 0 saturated carbocycles. The van der Waals surface area contributed by atoms with Crippen LogP contribution in [0.2, 0.25) is 0 Å². The van der Waals surface area contributed by atoms with Crippen molar-refractivity contribution in [3.05, 3.63) is 390 Å². The molecular weight excluding hydrogens is 1090 g/mol. The zero-order valence-electron chi connectivity index (χ0n) is 48.5. The Balaban J connectivity index is 0.958. The van der Waals surface area contributed by atoms with Crippen LogP contribution in [0, 0.1) is 11.6 Å². The molecule has 0 spiro atoms. The monoisotopic (exact) mass is 1150 g/mol. The van der Waals surface area contributed by atoms with Gasteiger partial charge in [-0.2, -0.15) is 0 Å². The maximum absolute atomic E-state index is 17.4. The molecule has 13 aromatic carbocycles. The highest BCUT2D eigenvalue weighted by molar-refractivity contribution is 5.94. The van der Waals surface area contributed by atoms with Gasteiger partial charge in [-0.1, -0.05) is 238 Å². The topological polar surface area (TPSA) is 21.7 Å². The van der Waals surface area contributed by atoms with Gasteiger partial charge in [-0.3, -0.25) is 0 Å². The van der Waals surface area contributed by atoms with Gasteiger partial charge in [0.25, 0.3) is 0 Å². The molecule has 2 aliphatic rings. The van der Waals surface area contributed by atoms with Crippen LogP contribution in [0.5, 0.6) is 23.0 Å². The van der Waals surface area contributed by atoms with Crippen molar-refractivity contribution in [2.24, 2.45) is 0 Å². The van der Waals surface area contributed by atoms with Gasteiger partial charge < -0.3 is 14.4 Å². The van der Waals surface area contributed by atoms with Gasteiger partial charge in [-0.05, 0) is 186 Å². The second-order valence-corrected chi connectivity index (χ2v) is 22.6. The molecule has 0 aromatic heterocycles. The van der Waals surface area contributed by atoms with E-state index in [2.05, 4.69) is 188 Å². The van der Waals surface area contributed by atoms with Crippen molar-refractivity contribution in [2.75, 3.05) is 4.90 Å². The molecule has 0 aliphatic heterocycles. The first-order chi connectivity index (χ1) is 43.8. The minimum absolute atomic E-state index is 0.325. The van der Waals surface area contributed by atoms with Crippen LogP contribution >= 0.6 is 0 Å². The summed E-state index contributed by atoms with van der Waals surface area (Å²) in [5.41, 5.74) is 17.1. The molecule has 89 heavy (non-hydrogen) atoms. The number of anilines is 3. The summed E-state index contributed by atoms with van der Waals surface area (Å²) in [6.07, 6.45) is 3.61. The van der Waals surface area contributed by atoms with E-state index in [1.165, 1.54) is 0 Å². The molecule has 0 fully saturated rings. The predicted octanol–water partition coefficient (Wildman–Crippen LogP) is 22.4. The normalized spacial score (nSPS) is 15.0. The molecule has 13 aromatic rings. The Bertz CT molecular complexity index is 4600. The van der Waals surface area contributed by atoms with E-state index in [9.17, 15) is 0 Å². The van der Waals surface area contributed by atoms with Crippen molar-refractivity contribution < 1.29 is 18.3 Å². The van der Waals surface area contributed by atoms with Crippen LogP contribution in [0.1, 0.15) is 55.6 Å². The first-order valence-electron chi connectivity index (χ1n) is 29.9. The van der Waals surface area contributed by atoms with E-state index in [-0.39, 0.29) is 11.6 Å². The molecule has 3 nitrogen and oxygen atoms in total. The van der Waals surface area contributed by atoms with Crippen LogP contribution in [0.4, 0.5) is 25.8 Å². The molecule has 424 valence electrons. The molecule has 5 heteroatoms. The second kappa shape index (κ2) is 22.5. The maximum atomic E-state index is 17.4. The minimum Gasteiger partial charge on any atom is -0.457 e. The smallest absolute Gasteiger partial charge is 0.127 e. The van der Waals surface area contributed by atoms with Crippen LogP contribution in [-0.4, -0.2) is 0 Å². The van der Waals surface area contributed by atoms with Crippen LogP contribution < -0.4 is 14.4 Å². The first-order valence-corrected chi connectivity index (χ1v) is 29.9. The summed E-state index contributed by atoms with van der Waals surface area (Å²) in [5, 5.41) is 0. The fourth-order valence-corrected chi connectivity index (χ4v) is 13.9. The zero-order chi connectivity index (χ0) is 60.1. The Morgan fingerprint density at radius 3 is 1.07 bits per heavy atom. The number of nitrogens with zero attached hydrogens (tertiary/aromatic N) is 1. The summed E-state index contributed by atoms with van der Waals surface area (Å²) in [6.45, 7) is 7.82. The van der Waals surface area contributed by atoms with Gasteiger partial charge in [0.15, 0.2) is 0 Å². The third kappa shape index (κ3) is 9.17. The van der Waals surface area contributed by atoms with Crippen molar-refractivity contribution >= 4 is 29.2 Å². The molecule has 0 amide bonds. The SMILES string of the molecule is C=Cc1ccc(Oc2ccc(C3(c4ccccc4F)c4ccccc4-c4ccc(N(c5cccc(-c6ccccc6-c6ccccc6)c5)c5ccc6c(c5)C(c5ccc(Oc7ccc(C=C)cc7)cc5)(c5ccccc5F)c5ccccc5-6)cc43)cc2)cc1. The number of fused-ring (bicyclic) bond motifs is 6. The van der Waals surface area contributed by atoms with Gasteiger partial charge >= 0.3 is 0 Å². The Kier molecular flexibility index (Phi) is 13.7. The molecule has 2 unspecified atom stereocenters. The fourth-order valence-electron chi connectivity index (χ4n) is 13.9. The molecular formula is C84H57F2NO2. The average Bonchev–Trinajstić information content (AvgIpc) is 1.59. The van der Waals surface area contributed by atoms with E-state index in [1.807, 2.05) is 115 Å². The van der Waals surface area contributed by atoms with Crippen molar-refractivity contribution in [2.45, 2.75) is 10.8 Å². The number of hydrogen-bond donors (Lipinski definition) is 0. The number of halogens is 2. The van der Waals surface area contributed by atoms with Crippen molar-refractivity contribution in [1.82, 2.24) is 0 Å². The highest BCUT2D eigenvalue weighted by Crippen LogP contribution is 2.60. The third-order valence-corrected chi connectivity index (χ3v) is 17.8. The van der Waals surface area contributed by atoms with E-state index in [0.29, 0.717) is 34.1 Å². The predicted molar refractivity (Wildman–Crippen MR) is 360 cm³/mol. The molecule has 0 radical (unpaired) electrons. The van der Waals surface area contributed by atoms with E-state index >= 15 is 8.78 Å². The van der Waals surface area contributed by atoms with Crippen molar-refractivity contribution in [1.29, 1.82) is 0 Å². The number of rotatable bonds is 15. The Hall–Kier alpha value is -11.4. The zero-order valence-corrected chi connectivity index (χ0v) is 48.5. The summed E-state index contributed by atoms with van der Waals surface area (Å²) in [7, 11) is 0. The van der Waals surface area contributed by atoms with Crippen LogP contribution in [0.25, 0.3) is 56.7 Å². The highest BCUT2D eigenvalue weighted by Gasteiger charge is 2.50. The van der Waals surface area contributed by atoms with Crippen LogP contribution in [-0.2, 0) is 10.8 Å². The van der Waals surface area contributed by atoms with E-state index in [0.717, 1.165) is 106 Å². The van der Waals surface area contributed by atoms with Gasteiger partial charge in [-0.25, -0.2) is 8.78 Å². The first kappa shape index (κ1) is 54.3. The highest BCUT2D eigenvalue weighted by atomic mass is 19.1. The van der Waals surface area contributed by atoms with E-state index < -0.39 is 10.8 Å². The Morgan fingerprint density at radius 1 is 0.281 bits per heavy atom. The van der Waals surface area contributed by atoms with Gasteiger partial charge in [0.05, 0.1) is 10.8 Å². The molecule has 0 bridgehead atoms. The number of hydrogen-bond acceptors (Lipinski definition) is 3. The molecule has 0 saturated heterocycles. The molecule has 2 aliphatic carbocycles. The lowest BCUT2D eigenvalue weighted by Crippen LogP contribution is -2.30. The lowest BCUT2D eigenvalue weighted by molar-refractivity contribution is 0.482. The summed E-state index contributed by atoms with van der Waals surface area (Å²) < 4.78 is 47.7. The number of ether oxygens (including phenoxy) is 2. The van der Waals surface area contributed by atoms with Crippen molar-refractivity contribution in [3.63, 3.8) is 0 Å². The summed E-state index contributed by atoms with van der Waals surface area (Å²) >= 11 is 0. The third-order valence-electron chi connectivity index (χ3n) is 17.8. The van der Waals surface area contributed by atoms with E-state index in [1.54, 1.807) is 36.4 Å². The summed E-state index contributed by atoms with van der Waals surface area (Å²) in [4.78, 5) is 2.31. The quantitative estimate of drug-likeness (QED) is 0.102. The van der Waals surface area contributed by atoms with Gasteiger partial charge in [0.1, 0.15) is 34.6 Å². The van der Waals surface area contributed by atoms with Gasteiger partial charge in [0.2, 0.25) is 0 Å². The summed E-state index contributed by atoms with van der Waals surface area (Å²) in [6, 6.07) is 104. The molecule has 0 N–H and O–H groups in total. The van der Waals surface area contributed by atoms with Crippen molar-refractivity contribution in [3.8, 4) is 67.5 Å². The average molecular weight is 1150 g/mol. The maximum Gasteiger partial charge on any atom is 0.127 e. The van der Waals surface area contributed by atoms with Crippen LogP contribution in [0.3, 0.4) is 0 Å². The van der Waals surface area contributed by atoms with Gasteiger partial charge in [0, 0.05) is 28.2 Å². The standard InChI is InChI=1S/C84H57F2NO2/c1-3-56-33-43-65(44-34-56)88-67-47-37-60(38-48-67)83(77-29-14-16-31-81(77)85)75-27-12-10-25-71(75)73-51-41-63(54-79(73)83)87(62-22-18-21-59(53-62)70-24-9-8-23-69(70)58-19-6-5-7-20-58)64-42-52-74-72-26-11-13-28-76(72)84(80(74)55-64,78-30-15-17-32-82(78)86)61-39-49-68(50-40-61)89-66-45-35-57(4-2)36-46-66/h3-55H,1-2H2. The van der Waals surface area contributed by atoms with E-state index in [4.69, 9.17) is 9.47 Å². The van der Waals surface area contributed by atoms with Gasteiger partial charge in [-0.15, -0.1) is 0 Å².